The molecule has 0 saturated heterocycles. The third-order valence-electron chi connectivity index (χ3n) is 1.57. The molecule has 1 rings (SSSR count). The minimum Gasteiger partial charge on any atom is -0.287 e. The van der Waals surface area contributed by atoms with Crippen LogP contribution in [0.25, 0.3) is 0 Å². The first-order valence-corrected chi connectivity index (χ1v) is 5.22. The highest BCUT2D eigenvalue weighted by Gasteiger charge is 2.07. The summed E-state index contributed by atoms with van der Waals surface area (Å²) in [5, 5.41) is 7.48. The summed E-state index contributed by atoms with van der Waals surface area (Å²) in [4.78, 5) is 8.07. The van der Waals surface area contributed by atoms with Crippen LogP contribution in [0.3, 0.4) is 0 Å². The lowest BCUT2D eigenvalue weighted by atomic mass is 9.99. The number of benzene rings is 1. The van der Waals surface area contributed by atoms with E-state index in [9.17, 15) is 0 Å². The Morgan fingerprint density at radius 1 is 1.29 bits per heavy atom. The molecular formula is C14H19N3. The zero-order chi connectivity index (χ0) is 17.2. The Morgan fingerprint density at radius 2 is 1.88 bits per heavy atom. The summed E-state index contributed by atoms with van der Waals surface area (Å²) in [6, 6.07) is -2.12. The van der Waals surface area contributed by atoms with Gasteiger partial charge in [-0.3, -0.25) is 5.41 Å². The fourth-order valence-corrected chi connectivity index (χ4v) is 0.925. The molecule has 0 fully saturated rings. The number of amidine groups is 2. The van der Waals surface area contributed by atoms with E-state index >= 15 is 0 Å². The molecule has 1 aromatic carbocycles. The molecule has 1 N–H and O–H groups in total. The zero-order valence-corrected chi connectivity index (χ0v) is 10.5. The smallest absolute Gasteiger partial charge is 0.160 e. The number of hydrogen-bond acceptors (Lipinski definition) is 1. The van der Waals surface area contributed by atoms with E-state index in [2.05, 4.69) is 9.98 Å². The molecule has 0 saturated carbocycles. The molecule has 0 aliphatic heterocycles. The van der Waals surface area contributed by atoms with Gasteiger partial charge < -0.3 is 0 Å². The third-order valence-corrected chi connectivity index (χ3v) is 1.57. The quantitative estimate of drug-likeness (QED) is 0.570. The van der Waals surface area contributed by atoms with Gasteiger partial charge in [-0.05, 0) is 12.3 Å². The summed E-state index contributed by atoms with van der Waals surface area (Å²) < 4.78 is 38.9. The molecule has 0 radical (unpaired) electrons. The van der Waals surface area contributed by atoms with Crippen molar-refractivity contribution in [1.29, 1.82) is 5.41 Å². The van der Waals surface area contributed by atoms with E-state index in [4.69, 9.17) is 12.3 Å². The molecule has 90 valence electrons. The fourth-order valence-electron chi connectivity index (χ4n) is 0.925. The van der Waals surface area contributed by atoms with Crippen molar-refractivity contribution >= 4 is 17.9 Å². The highest BCUT2D eigenvalue weighted by molar-refractivity contribution is 6.08. The summed E-state index contributed by atoms with van der Waals surface area (Å²) in [5.41, 5.74) is -0.373. The van der Waals surface area contributed by atoms with Crippen LogP contribution >= 0.6 is 0 Å². The van der Waals surface area contributed by atoms with Crippen LogP contribution < -0.4 is 0 Å². The molecule has 1 aromatic rings. The summed E-state index contributed by atoms with van der Waals surface area (Å²) in [5.74, 6) is -0.118. The van der Waals surface area contributed by atoms with Crippen LogP contribution in [0.5, 0.6) is 0 Å². The van der Waals surface area contributed by atoms with E-state index in [1.165, 1.54) is 6.92 Å². The van der Waals surface area contributed by atoms with Gasteiger partial charge in [-0.2, -0.15) is 0 Å². The van der Waals surface area contributed by atoms with Crippen molar-refractivity contribution in [2.45, 2.75) is 27.7 Å². The molecule has 0 spiro atoms. The number of nitrogens with one attached hydrogen (secondary N) is 1. The van der Waals surface area contributed by atoms with Crippen molar-refractivity contribution in [3.8, 4) is 0 Å². The number of nitrogens with zero attached hydrogens (tertiary/aromatic N) is 2. The molecule has 0 aromatic heterocycles. The molecule has 0 bridgehead atoms. The highest BCUT2D eigenvalue weighted by Crippen LogP contribution is 2.10. The van der Waals surface area contributed by atoms with Gasteiger partial charge in [0.1, 0.15) is 5.84 Å². The molecule has 3 heteroatoms. The second-order valence-electron chi connectivity index (χ2n) is 4.65. The second-order valence-corrected chi connectivity index (χ2v) is 4.65. The van der Waals surface area contributed by atoms with Gasteiger partial charge >= 0.3 is 0 Å². The van der Waals surface area contributed by atoms with Crippen molar-refractivity contribution in [1.82, 2.24) is 0 Å². The van der Waals surface area contributed by atoms with Gasteiger partial charge in [0, 0.05) is 11.8 Å². The van der Waals surface area contributed by atoms with Gasteiger partial charge in [0.25, 0.3) is 0 Å². The maximum atomic E-state index is 7.95. The van der Waals surface area contributed by atoms with Gasteiger partial charge in [0.05, 0.1) is 6.85 Å². The molecule has 0 aliphatic carbocycles. The average molecular weight is 234 g/mol. The monoisotopic (exact) mass is 234 g/mol. The lowest BCUT2D eigenvalue weighted by Crippen LogP contribution is -2.09. The van der Waals surface area contributed by atoms with Crippen LogP contribution in [0, 0.1) is 10.8 Å². The van der Waals surface area contributed by atoms with Gasteiger partial charge in [0.15, 0.2) is 5.84 Å². The Hall–Kier alpha value is -1.77. The van der Waals surface area contributed by atoms with Gasteiger partial charge in [-0.15, -0.1) is 0 Å². The molecule has 0 unspecified atom stereocenters. The average Bonchev–Trinajstić information content (AvgIpc) is 2.39. The molecule has 17 heavy (non-hydrogen) atoms. The Kier molecular flexibility index (Phi) is 2.45. The van der Waals surface area contributed by atoms with Crippen LogP contribution in [-0.2, 0) is 0 Å². The summed E-state index contributed by atoms with van der Waals surface area (Å²) in [6.45, 7) is 7.16. The van der Waals surface area contributed by atoms with E-state index < -0.39 is 18.1 Å². The number of rotatable bonds is 1. The van der Waals surface area contributed by atoms with Gasteiger partial charge in [-0.25, -0.2) is 9.98 Å². The Bertz CT molecular complexity index is 643. The van der Waals surface area contributed by atoms with Crippen molar-refractivity contribution < 1.29 is 6.85 Å². The van der Waals surface area contributed by atoms with Crippen molar-refractivity contribution in [2.75, 3.05) is 0 Å². The van der Waals surface area contributed by atoms with Gasteiger partial charge in [-0.1, -0.05) is 51.0 Å². The minimum absolute atomic E-state index is 0.0561. The highest BCUT2D eigenvalue weighted by atomic mass is 14.9. The SMILES string of the molecule is [2H]c1c([2H])c([2H])c(C(N=CC(C)(C)C)=NC(C)=N)c([2H])c1[2H]. The Balaban J connectivity index is 3.65. The Labute approximate surface area is 110 Å². The molecule has 0 aliphatic rings. The normalized spacial score (nSPS) is 17.2. The molecule has 0 atom stereocenters. The fraction of sp³-hybridized carbons (Fsp3) is 0.357. The van der Waals surface area contributed by atoms with Gasteiger partial charge in [0.2, 0.25) is 0 Å². The van der Waals surface area contributed by atoms with E-state index in [0.717, 1.165) is 0 Å². The third kappa shape index (κ3) is 5.20. The first kappa shape index (κ1) is 7.54. The number of aliphatic imine (C=N–C) groups is 2. The molecule has 0 amide bonds. The maximum Gasteiger partial charge on any atom is 0.160 e. The predicted octanol–water partition coefficient (Wildman–Crippen LogP) is 3.55. The first-order chi connectivity index (χ1) is 9.95. The largest absolute Gasteiger partial charge is 0.287 e. The molecule has 0 heterocycles. The van der Waals surface area contributed by atoms with Crippen molar-refractivity contribution in [2.24, 2.45) is 15.4 Å². The first-order valence-electron chi connectivity index (χ1n) is 7.72. The lowest BCUT2D eigenvalue weighted by molar-refractivity contribution is 0.607. The zero-order valence-electron chi connectivity index (χ0n) is 15.5. The lowest BCUT2D eigenvalue weighted by Gasteiger charge is -2.10. The molecule has 3 nitrogen and oxygen atoms in total. The summed E-state index contributed by atoms with van der Waals surface area (Å²) in [6.07, 6.45) is 1.58. The topological polar surface area (TPSA) is 48.6 Å². The predicted molar refractivity (Wildman–Crippen MR) is 74.3 cm³/mol. The van der Waals surface area contributed by atoms with E-state index in [-0.39, 0.29) is 34.7 Å². The van der Waals surface area contributed by atoms with Crippen LogP contribution in [0.4, 0.5) is 0 Å². The standard InChI is InChI=1S/C14H19N3/c1-11(15)17-13(16-10-14(2,3)4)12-8-6-5-7-9-12/h5-10,15H,1-4H3/i5D,6D,7D,8D,9D. The van der Waals surface area contributed by atoms with Crippen LogP contribution in [0.1, 0.15) is 40.1 Å². The van der Waals surface area contributed by atoms with E-state index in [1.807, 2.05) is 20.8 Å². The van der Waals surface area contributed by atoms with Crippen LogP contribution in [-0.4, -0.2) is 17.9 Å². The Morgan fingerprint density at radius 3 is 2.35 bits per heavy atom. The minimum atomic E-state index is -0.468. The second kappa shape index (κ2) is 5.53. The van der Waals surface area contributed by atoms with E-state index in [1.54, 1.807) is 6.21 Å². The maximum absolute atomic E-state index is 7.95. The summed E-state index contributed by atoms with van der Waals surface area (Å²) in [7, 11) is 0. The van der Waals surface area contributed by atoms with Crippen LogP contribution in [0.2, 0.25) is 0 Å². The summed E-state index contributed by atoms with van der Waals surface area (Å²) >= 11 is 0. The van der Waals surface area contributed by atoms with Crippen LogP contribution in [0.15, 0.2) is 40.2 Å². The van der Waals surface area contributed by atoms with E-state index in [0.29, 0.717) is 0 Å². The van der Waals surface area contributed by atoms with Crippen molar-refractivity contribution in [3.05, 3.63) is 35.8 Å². The molecular weight excluding hydrogens is 210 g/mol. The van der Waals surface area contributed by atoms with Crippen molar-refractivity contribution in [3.63, 3.8) is 0 Å². The number of hydrogen-bond donors (Lipinski definition) is 1.